The largest absolute Gasteiger partial charge is 0.449 e. The van der Waals surface area contributed by atoms with Crippen LogP contribution in [0.4, 0.5) is 10.5 Å². The first-order valence-corrected chi connectivity index (χ1v) is 11.9. The summed E-state index contributed by atoms with van der Waals surface area (Å²) in [6.45, 7) is 1.98. The number of nitrogens with one attached hydrogen (secondary N) is 1. The Balaban J connectivity index is 1.18. The fourth-order valence-corrected chi connectivity index (χ4v) is 5.14. The highest BCUT2D eigenvalue weighted by Crippen LogP contribution is 2.44. The van der Waals surface area contributed by atoms with Crippen LogP contribution >= 0.6 is 0 Å². The van der Waals surface area contributed by atoms with Crippen LogP contribution in [0.2, 0.25) is 0 Å². The van der Waals surface area contributed by atoms with Crippen molar-refractivity contribution in [2.75, 3.05) is 31.1 Å². The molecule has 2 aliphatic rings. The van der Waals surface area contributed by atoms with Gasteiger partial charge in [-0.1, -0.05) is 66.7 Å². The van der Waals surface area contributed by atoms with Crippen LogP contribution in [0.5, 0.6) is 0 Å². The SMILES string of the molecule is O=C(NCC(O)C(O)c1ccccc1N1CCCC1)OCC1c2ccccc2-c2ccccc21. The molecule has 0 saturated carbocycles. The van der Waals surface area contributed by atoms with Crippen LogP contribution in [-0.4, -0.2) is 48.7 Å². The van der Waals surface area contributed by atoms with Crippen LogP contribution < -0.4 is 10.2 Å². The summed E-state index contributed by atoms with van der Waals surface area (Å²) in [5, 5.41) is 24.0. The maximum atomic E-state index is 12.4. The highest BCUT2D eigenvalue weighted by atomic mass is 16.5. The molecular weight excluding hydrogens is 428 g/mol. The van der Waals surface area contributed by atoms with E-state index in [0.29, 0.717) is 5.56 Å². The molecule has 1 aliphatic heterocycles. The van der Waals surface area contributed by atoms with Crippen LogP contribution in [0.1, 0.15) is 41.6 Å². The molecule has 0 aromatic heterocycles. The number of hydrogen-bond acceptors (Lipinski definition) is 5. The molecule has 176 valence electrons. The number of rotatable bonds is 7. The molecule has 1 saturated heterocycles. The monoisotopic (exact) mass is 458 g/mol. The third-order valence-electron chi connectivity index (χ3n) is 6.87. The number of alkyl carbamates (subject to hydrolysis) is 1. The van der Waals surface area contributed by atoms with E-state index in [4.69, 9.17) is 4.74 Å². The third kappa shape index (κ3) is 4.39. The van der Waals surface area contributed by atoms with Crippen molar-refractivity contribution >= 4 is 11.8 Å². The first kappa shape index (κ1) is 22.4. The fraction of sp³-hybridized carbons (Fsp3) is 0.321. The van der Waals surface area contributed by atoms with Gasteiger partial charge in [-0.15, -0.1) is 0 Å². The van der Waals surface area contributed by atoms with Crippen LogP contribution in [0.3, 0.4) is 0 Å². The molecule has 0 radical (unpaired) electrons. The fourth-order valence-electron chi connectivity index (χ4n) is 5.14. The van der Waals surface area contributed by atoms with Crippen molar-refractivity contribution in [3.63, 3.8) is 0 Å². The molecule has 3 N–H and O–H groups in total. The highest BCUT2D eigenvalue weighted by molar-refractivity contribution is 5.79. The molecule has 1 aliphatic carbocycles. The van der Waals surface area contributed by atoms with Crippen molar-refractivity contribution in [2.45, 2.75) is 31.0 Å². The van der Waals surface area contributed by atoms with E-state index in [-0.39, 0.29) is 19.1 Å². The molecule has 0 bridgehead atoms. The number of fused-ring (bicyclic) bond motifs is 3. The second kappa shape index (κ2) is 9.87. The second-order valence-electron chi connectivity index (χ2n) is 8.97. The molecule has 3 aromatic carbocycles. The molecule has 6 nitrogen and oxygen atoms in total. The molecule has 1 heterocycles. The summed E-state index contributed by atoms with van der Waals surface area (Å²) in [6, 6.07) is 23.9. The van der Waals surface area contributed by atoms with Gasteiger partial charge < -0.3 is 25.2 Å². The van der Waals surface area contributed by atoms with Crippen LogP contribution in [-0.2, 0) is 4.74 Å². The lowest BCUT2D eigenvalue weighted by atomic mass is 9.98. The molecule has 1 fully saturated rings. The standard InChI is InChI=1S/C28H30N2O4/c31-26(27(32)23-13-5-6-14-25(23)30-15-7-8-16-30)17-29-28(33)34-18-24-21-11-3-1-9-19(21)20-10-2-4-12-22(20)24/h1-6,9-14,24,26-27,31-32H,7-8,15-18H2,(H,29,33). The number of hydrogen-bond donors (Lipinski definition) is 3. The van der Waals surface area contributed by atoms with E-state index >= 15 is 0 Å². The highest BCUT2D eigenvalue weighted by Gasteiger charge is 2.29. The van der Waals surface area contributed by atoms with Gasteiger partial charge in [-0.25, -0.2) is 4.79 Å². The number of amides is 1. The molecular formula is C28H30N2O4. The Kier molecular flexibility index (Phi) is 6.52. The van der Waals surface area contributed by atoms with Crippen molar-refractivity contribution in [3.8, 4) is 11.1 Å². The van der Waals surface area contributed by atoms with Crippen LogP contribution in [0, 0.1) is 0 Å². The Morgan fingerprint density at radius 1 is 0.912 bits per heavy atom. The van der Waals surface area contributed by atoms with Gasteiger partial charge >= 0.3 is 6.09 Å². The number of anilines is 1. The van der Waals surface area contributed by atoms with Crippen molar-refractivity contribution in [1.29, 1.82) is 0 Å². The Labute approximate surface area is 199 Å². The van der Waals surface area contributed by atoms with E-state index < -0.39 is 18.3 Å². The lowest BCUT2D eigenvalue weighted by molar-refractivity contribution is 0.0188. The van der Waals surface area contributed by atoms with E-state index in [2.05, 4.69) is 34.5 Å². The summed E-state index contributed by atoms with van der Waals surface area (Å²) in [6.07, 6.45) is -0.622. The molecule has 3 aromatic rings. The number of ether oxygens (including phenoxy) is 1. The zero-order valence-electron chi connectivity index (χ0n) is 19.1. The summed E-state index contributed by atoms with van der Waals surface area (Å²) in [5.74, 6) is -0.0269. The molecule has 2 atom stereocenters. The molecule has 34 heavy (non-hydrogen) atoms. The lowest BCUT2D eigenvalue weighted by Crippen LogP contribution is -2.36. The van der Waals surface area contributed by atoms with Crippen molar-refractivity contribution in [1.82, 2.24) is 5.32 Å². The van der Waals surface area contributed by atoms with Gasteiger partial charge in [0.25, 0.3) is 0 Å². The van der Waals surface area contributed by atoms with Crippen molar-refractivity contribution in [2.24, 2.45) is 0 Å². The topological polar surface area (TPSA) is 82.0 Å². The van der Waals surface area contributed by atoms with Gasteiger partial charge in [-0.2, -0.15) is 0 Å². The Morgan fingerprint density at radius 3 is 2.18 bits per heavy atom. The van der Waals surface area contributed by atoms with E-state index in [9.17, 15) is 15.0 Å². The average molecular weight is 459 g/mol. The zero-order chi connectivity index (χ0) is 23.5. The van der Waals surface area contributed by atoms with Crippen LogP contribution in [0.15, 0.2) is 72.8 Å². The molecule has 1 amide bonds. The van der Waals surface area contributed by atoms with Gasteiger partial charge in [0.1, 0.15) is 18.8 Å². The number of benzene rings is 3. The summed E-state index contributed by atoms with van der Waals surface area (Å²) in [4.78, 5) is 14.7. The maximum absolute atomic E-state index is 12.4. The minimum atomic E-state index is -1.15. The van der Waals surface area contributed by atoms with E-state index in [0.717, 1.165) is 42.7 Å². The van der Waals surface area contributed by atoms with Crippen LogP contribution in [0.25, 0.3) is 11.1 Å². The lowest BCUT2D eigenvalue weighted by Gasteiger charge is -2.26. The summed E-state index contributed by atoms with van der Waals surface area (Å²) in [7, 11) is 0. The van der Waals surface area contributed by atoms with Gasteiger partial charge in [0.2, 0.25) is 0 Å². The van der Waals surface area contributed by atoms with Crippen molar-refractivity contribution < 1.29 is 19.7 Å². The normalized spacial score (nSPS) is 16.6. The Bertz CT molecular complexity index is 1110. The maximum Gasteiger partial charge on any atom is 0.407 e. The van der Waals surface area contributed by atoms with E-state index in [1.807, 2.05) is 48.5 Å². The molecule has 2 unspecified atom stereocenters. The molecule has 0 spiro atoms. The number of carbonyl (C=O) groups is 1. The smallest absolute Gasteiger partial charge is 0.407 e. The summed E-state index contributed by atoms with van der Waals surface area (Å²) in [5.41, 5.74) is 6.24. The van der Waals surface area contributed by atoms with Gasteiger partial charge in [0.05, 0.1) is 0 Å². The van der Waals surface area contributed by atoms with Gasteiger partial charge in [-0.3, -0.25) is 0 Å². The predicted octanol–water partition coefficient (Wildman–Crippen LogP) is 4.22. The first-order chi connectivity index (χ1) is 16.6. The van der Waals surface area contributed by atoms with Gasteiger partial charge in [0, 0.05) is 36.8 Å². The number of carbonyl (C=O) groups excluding carboxylic acids is 1. The first-order valence-electron chi connectivity index (χ1n) is 11.9. The van der Waals surface area contributed by atoms with Gasteiger partial charge in [0.15, 0.2) is 0 Å². The minimum Gasteiger partial charge on any atom is -0.449 e. The summed E-state index contributed by atoms with van der Waals surface area (Å²) < 4.78 is 5.53. The number of nitrogens with zero attached hydrogens (tertiary/aromatic N) is 1. The predicted molar refractivity (Wildman–Crippen MR) is 132 cm³/mol. The molecule has 5 rings (SSSR count). The number of aliphatic hydroxyl groups is 2. The van der Waals surface area contributed by atoms with Gasteiger partial charge in [-0.05, 0) is 41.2 Å². The quantitative estimate of drug-likeness (QED) is 0.494. The molecule has 6 heteroatoms. The second-order valence-corrected chi connectivity index (χ2v) is 8.97. The number of aliphatic hydroxyl groups excluding tert-OH is 2. The zero-order valence-corrected chi connectivity index (χ0v) is 19.1. The van der Waals surface area contributed by atoms with Crippen molar-refractivity contribution in [3.05, 3.63) is 89.5 Å². The Morgan fingerprint density at radius 2 is 1.50 bits per heavy atom. The van der Waals surface area contributed by atoms with E-state index in [1.54, 1.807) is 0 Å². The van der Waals surface area contributed by atoms with E-state index in [1.165, 1.54) is 11.1 Å². The average Bonchev–Trinajstić information content (AvgIpc) is 3.52. The third-order valence-corrected chi connectivity index (χ3v) is 6.87. The number of para-hydroxylation sites is 1. The minimum absolute atomic E-state index is 0.0269. The Hall–Kier alpha value is -3.35. The summed E-state index contributed by atoms with van der Waals surface area (Å²) >= 11 is 0.